The smallest absolute Gasteiger partial charge is 0.328 e. The van der Waals surface area contributed by atoms with Gasteiger partial charge in [-0.05, 0) is 41.5 Å². The van der Waals surface area contributed by atoms with Crippen LogP contribution in [0.5, 0.6) is 5.75 Å². The minimum atomic E-state index is -1.02. The lowest BCUT2D eigenvalue weighted by Gasteiger charge is -2.07. The van der Waals surface area contributed by atoms with Crippen LogP contribution in [-0.4, -0.2) is 16.0 Å². The summed E-state index contributed by atoms with van der Waals surface area (Å²) in [5.74, 6) is -0.428. The molecule has 0 saturated carbocycles. The second kappa shape index (κ2) is 7.03. The molecule has 0 amide bonds. The van der Waals surface area contributed by atoms with E-state index < -0.39 is 10.9 Å². The number of hydrogen-bond acceptors (Lipinski definition) is 4. The second-order valence-corrected chi connectivity index (χ2v) is 4.46. The van der Waals surface area contributed by atoms with E-state index in [4.69, 9.17) is 9.84 Å². The SMILES string of the molecule is O=C(O)/C=C/c1cccc(OCc2ccc([N+](=O)[O-])cc2)c1. The number of carboxylic acids is 1. The number of rotatable bonds is 6. The molecule has 0 radical (unpaired) electrons. The molecule has 0 heterocycles. The molecule has 0 aliphatic carbocycles. The molecule has 1 N–H and O–H groups in total. The Bertz CT molecular complexity index is 707. The van der Waals surface area contributed by atoms with Crippen LogP contribution in [0.1, 0.15) is 11.1 Å². The maximum absolute atomic E-state index is 10.6. The molecule has 0 atom stereocenters. The molecule has 0 fully saturated rings. The highest BCUT2D eigenvalue weighted by molar-refractivity contribution is 5.85. The van der Waals surface area contributed by atoms with E-state index in [1.54, 1.807) is 36.4 Å². The molecule has 22 heavy (non-hydrogen) atoms. The summed E-state index contributed by atoms with van der Waals surface area (Å²) in [7, 11) is 0. The van der Waals surface area contributed by atoms with Crippen LogP contribution in [0.3, 0.4) is 0 Å². The van der Waals surface area contributed by atoms with Gasteiger partial charge in [0.15, 0.2) is 0 Å². The van der Waals surface area contributed by atoms with Gasteiger partial charge in [0, 0.05) is 18.2 Å². The molecule has 2 aromatic rings. The zero-order valence-electron chi connectivity index (χ0n) is 11.5. The van der Waals surface area contributed by atoms with E-state index in [0.717, 1.165) is 11.6 Å². The largest absolute Gasteiger partial charge is 0.489 e. The van der Waals surface area contributed by atoms with Crippen LogP contribution in [0.2, 0.25) is 0 Å². The fourth-order valence-corrected chi connectivity index (χ4v) is 1.76. The van der Waals surface area contributed by atoms with Crippen molar-refractivity contribution in [2.75, 3.05) is 0 Å². The highest BCUT2D eigenvalue weighted by atomic mass is 16.6. The molecule has 0 aliphatic rings. The van der Waals surface area contributed by atoms with E-state index in [0.29, 0.717) is 11.3 Å². The number of non-ortho nitro benzene ring substituents is 1. The van der Waals surface area contributed by atoms with Crippen LogP contribution in [0.25, 0.3) is 6.08 Å². The molecule has 0 unspecified atom stereocenters. The van der Waals surface area contributed by atoms with Crippen molar-refractivity contribution in [2.24, 2.45) is 0 Å². The Morgan fingerprint density at radius 1 is 1.23 bits per heavy atom. The third-order valence-corrected chi connectivity index (χ3v) is 2.83. The first-order valence-corrected chi connectivity index (χ1v) is 6.42. The second-order valence-electron chi connectivity index (χ2n) is 4.46. The van der Waals surface area contributed by atoms with Gasteiger partial charge in [0.1, 0.15) is 12.4 Å². The van der Waals surface area contributed by atoms with E-state index in [-0.39, 0.29) is 12.3 Å². The maximum Gasteiger partial charge on any atom is 0.328 e. The van der Waals surface area contributed by atoms with Gasteiger partial charge in [-0.2, -0.15) is 0 Å². The van der Waals surface area contributed by atoms with Crippen LogP contribution >= 0.6 is 0 Å². The van der Waals surface area contributed by atoms with E-state index in [1.165, 1.54) is 18.2 Å². The summed E-state index contributed by atoms with van der Waals surface area (Å²) < 4.78 is 5.59. The van der Waals surface area contributed by atoms with Gasteiger partial charge in [-0.25, -0.2) is 4.79 Å². The van der Waals surface area contributed by atoms with Crippen molar-refractivity contribution in [3.8, 4) is 5.75 Å². The molecule has 0 bridgehead atoms. The summed E-state index contributed by atoms with van der Waals surface area (Å²) in [4.78, 5) is 20.6. The highest BCUT2D eigenvalue weighted by Crippen LogP contribution is 2.17. The first-order chi connectivity index (χ1) is 10.5. The Morgan fingerprint density at radius 2 is 1.95 bits per heavy atom. The number of carbonyl (C=O) groups is 1. The molecule has 0 aromatic heterocycles. The summed E-state index contributed by atoms with van der Waals surface area (Å²) in [5, 5.41) is 19.2. The quantitative estimate of drug-likeness (QED) is 0.502. The lowest BCUT2D eigenvalue weighted by atomic mass is 10.2. The van der Waals surface area contributed by atoms with Gasteiger partial charge in [-0.15, -0.1) is 0 Å². The Balaban J connectivity index is 2.00. The average Bonchev–Trinajstić information content (AvgIpc) is 2.52. The number of carboxylic acid groups (broad SMARTS) is 1. The van der Waals surface area contributed by atoms with Crippen LogP contribution in [0.4, 0.5) is 5.69 Å². The van der Waals surface area contributed by atoms with E-state index in [2.05, 4.69) is 0 Å². The third kappa shape index (κ3) is 4.45. The van der Waals surface area contributed by atoms with Crippen molar-refractivity contribution in [3.63, 3.8) is 0 Å². The Kier molecular flexibility index (Phi) is 4.87. The molecule has 0 spiro atoms. The molecule has 0 saturated heterocycles. The van der Waals surface area contributed by atoms with Gasteiger partial charge in [-0.3, -0.25) is 10.1 Å². The fraction of sp³-hybridized carbons (Fsp3) is 0.0625. The number of ether oxygens (including phenoxy) is 1. The van der Waals surface area contributed by atoms with Gasteiger partial charge in [-0.1, -0.05) is 12.1 Å². The van der Waals surface area contributed by atoms with Crippen molar-refractivity contribution in [3.05, 3.63) is 75.8 Å². The van der Waals surface area contributed by atoms with Crippen LogP contribution < -0.4 is 4.74 Å². The number of benzene rings is 2. The Hall–Kier alpha value is -3.15. The molecular formula is C16H13NO5. The van der Waals surface area contributed by atoms with Gasteiger partial charge in [0.05, 0.1) is 4.92 Å². The lowest BCUT2D eigenvalue weighted by molar-refractivity contribution is -0.384. The predicted octanol–water partition coefficient (Wildman–Crippen LogP) is 3.27. The van der Waals surface area contributed by atoms with Crippen molar-refractivity contribution in [2.45, 2.75) is 6.61 Å². The highest BCUT2D eigenvalue weighted by Gasteiger charge is 2.04. The Morgan fingerprint density at radius 3 is 2.59 bits per heavy atom. The van der Waals surface area contributed by atoms with Gasteiger partial charge >= 0.3 is 5.97 Å². The fourth-order valence-electron chi connectivity index (χ4n) is 1.76. The molecular weight excluding hydrogens is 286 g/mol. The number of aliphatic carboxylic acids is 1. The minimum Gasteiger partial charge on any atom is -0.489 e. The normalized spacial score (nSPS) is 10.5. The number of nitro groups is 1. The molecule has 0 aliphatic heterocycles. The zero-order valence-corrected chi connectivity index (χ0v) is 11.5. The molecule has 2 aromatic carbocycles. The number of nitrogens with zero attached hydrogens (tertiary/aromatic N) is 1. The van der Waals surface area contributed by atoms with E-state index >= 15 is 0 Å². The first kappa shape index (κ1) is 15.2. The predicted molar refractivity (Wildman–Crippen MR) is 80.5 cm³/mol. The van der Waals surface area contributed by atoms with Crippen molar-refractivity contribution >= 4 is 17.7 Å². The number of hydrogen-bond donors (Lipinski definition) is 1. The van der Waals surface area contributed by atoms with Gasteiger partial charge in [0.2, 0.25) is 0 Å². The van der Waals surface area contributed by atoms with Gasteiger partial charge in [0.25, 0.3) is 5.69 Å². The monoisotopic (exact) mass is 299 g/mol. The summed E-state index contributed by atoms with van der Waals surface area (Å²) in [6, 6.07) is 13.1. The van der Waals surface area contributed by atoms with Crippen LogP contribution in [-0.2, 0) is 11.4 Å². The lowest BCUT2D eigenvalue weighted by Crippen LogP contribution is -1.96. The summed E-state index contributed by atoms with van der Waals surface area (Å²) >= 11 is 0. The summed E-state index contributed by atoms with van der Waals surface area (Å²) in [6.07, 6.45) is 2.52. The van der Waals surface area contributed by atoms with Crippen molar-refractivity contribution < 1.29 is 19.6 Å². The Labute approximate surface area is 126 Å². The minimum absolute atomic E-state index is 0.0320. The molecule has 6 nitrogen and oxygen atoms in total. The molecule has 112 valence electrons. The maximum atomic E-state index is 10.6. The van der Waals surface area contributed by atoms with Crippen molar-refractivity contribution in [1.29, 1.82) is 0 Å². The topological polar surface area (TPSA) is 89.7 Å². The third-order valence-electron chi connectivity index (χ3n) is 2.83. The molecule has 6 heteroatoms. The van der Waals surface area contributed by atoms with E-state index in [1.807, 2.05) is 0 Å². The van der Waals surface area contributed by atoms with Crippen molar-refractivity contribution in [1.82, 2.24) is 0 Å². The summed E-state index contributed by atoms with van der Waals surface area (Å²) in [5.41, 5.74) is 1.55. The van der Waals surface area contributed by atoms with Crippen LogP contribution in [0, 0.1) is 10.1 Å². The summed E-state index contributed by atoms with van der Waals surface area (Å²) in [6.45, 7) is 0.268. The number of nitro benzene ring substituents is 1. The standard InChI is InChI=1S/C16H13NO5/c18-16(19)9-6-12-2-1-3-15(10-12)22-11-13-4-7-14(8-5-13)17(20)21/h1-10H,11H2,(H,18,19)/b9-6+. The van der Waals surface area contributed by atoms with E-state index in [9.17, 15) is 14.9 Å². The average molecular weight is 299 g/mol. The first-order valence-electron chi connectivity index (χ1n) is 6.42. The van der Waals surface area contributed by atoms with Gasteiger partial charge < -0.3 is 9.84 Å². The molecule has 2 rings (SSSR count). The zero-order chi connectivity index (χ0) is 15.9. The van der Waals surface area contributed by atoms with Crippen LogP contribution in [0.15, 0.2) is 54.6 Å².